The molecule has 2 amide bonds. The molecule has 0 aromatic heterocycles. The SMILES string of the molecule is CC(C)C(CNC(=O)CNC(=O)COc1ccccc1)Nc1ccccc1. The molecular formula is C21H27N3O3. The molecule has 6 heteroatoms. The monoisotopic (exact) mass is 369 g/mol. The van der Waals surface area contributed by atoms with E-state index in [1.807, 2.05) is 48.5 Å². The molecule has 0 spiro atoms. The van der Waals surface area contributed by atoms with Gasteiger partial charge in [-0.05, 0) is 30.2 Å². The van der Waals surface area contributed by atoms with Gasteiger partial charge in [-0.1, -0.05) is 50.2 Å². The van der Waals surface area contributed by atoms with Crippen LogP contribution in [0.3, 0.4) is 0 Å². The van der Waals surface area contributed by atoms with Crippen molar-refractivity contribution in [2.24, 2.45) is 5.92 Å². The molecule has 0 bridgehead atoms. The van der Waals surface area contributed by atoms with Crippen molar-refractivity contribution >= 4 is 17.5 Å². The van der Waals surface area contributed by atoms with Gasteiger partial charge in [-0.2, -0.15) is 0 Å². The topological polar surface area (TPSA) is 79.5 Å². The largest absolute Gasteiger partial charge is 0.484 e. The van der Waals surface area contributed by atoms with Crippen LogP contribution in [0.15, 0.2) is 60.7 Å². The third kappa shape index (κ3) is 7.81. The quantitative estimate of drug-likeness (QED) is 0.601. The zero-order valence-corrected chi connectivity index (χ0v) is 15.8. The minimum Gasteiger partial charge on any atom is -0.484 e. The summed E-state index contributed by atoms with van der Waals surface area (Å²) in [4.78, 5) is 23.8. The standard InChI is InChI=1S/C21H27N3O3/c1-16(2)19(24-17-9-5-3-6-10-17)13-22-20(25)14-23-21(26)15-27-18-11-7-4-8-12-18/h3-12,16,19,24H,13-15H2,1-2H3,(H,22,25)(H,23,26). The number of carbonyl (C=O) groups excluding carboxylic acids is 2. The van der Waals surface area contributed by atoms with Crippen molar-refractivity contribution in [3.63, 3.8) is 0 Å². The van der Waals surface area contributed by atoms with Crippen molar-refractivity contribution in [3.8, 4) is 5.75 Å². The minimum absolute atomic E-state index is 0.0763. The van der Waals surface area contributed by atoms with Crippen LogP contribution in [0.5, 0.6) is 5.75 Å². The van der Waals surface area contributed by atoms with Crippen molar-refractivity contribution in [2.75, 3.05) is 25.0 Å². The molecule has 1 atom stereocenters. The molecule has 0 aliphatic carbocycles. The lowest BCUT2D eigenvalue weighted by Gasteiger charge is -2.24. The number of ether oxygens (including phenoxy) is 1. The van der Waals surface area contributed by atoms with Gasteiger partial charge in [0.25, 0.3) is 5.91 Å². The van der Waals surface area contributed by atoms with Crippen LogP contribution < -0.4 is 20.7 Å². The Labute approximate surface area is 160 Å². The number of hydrogen-bond acceptors (Lipinski definition) is 4. The van der Waals surface area contributed by atoms with Crippen molar-refractivity contribution in [2.45, 2.75) is 19.9 Å². The number of carbonyl (C=O) groups is 2. The summed E-state index contributed by atoms with van der Waals surface area (Å²) < 4.78 is 5.34. The molecule has 0 saturated carbocycles. The molecule has 0 heterocycles. The second-order valence-corrected chi connectivity index (χ2v) is 6.54. The third-order valence-electron chi connectivity index (χ3n) is 4.01. The van der Waals surface area contributed by atoms with Gasteiger partial charge in [-0.3, -0.25) is 9.59 Å². The maximum atomic E-state index is 12.0. The molecule has 0 fully saturated rings. The summed E-state index contributed by atoms with van der Waals surface area (Å²) in [6.07, 6.45) is 0. The van der Waals surface area contributed by atoms with E-state index in [2.05, 4.69) is 29.8 Å². The molecule has 0 saturated heterocycles. The number of nitrogens with one attached hydrogen (secondary N) is 3. The number of benzene rings is 2. The predicted molar refractivity (Wildman–Crippen MR) is 107 cm³/mol. The van der Waals surface area contributed by atoms with Gasteiger partial charge in [0.05, 0.1) is 6.54 Å². The highest BCUT2D eigenvalue weighted by Gasteiger charge is 2.15. The molecule has 27 heavy (non-hydrogen) atoms. The van der Waals surface area contributed by atoms with Crippen molar-refractivity contribution in [1.29, 1.82) is 0 Å². The number of para-hydroxylation sites is 2. The maximum absolute atomic E-state index is 12.0. The van der Waals surface area contributed by atoms with E-state index in [0.29, 0.717) is 18.2 Å². The fraction of sp³-hybridized carbons (Fsp3) is 0.333. The maximum Gasteiger partial charge on any atom is 0.258 e. The van der Waals surface area contributed by atoms with Crippen LogP contribution in [-0.2, 0) is 9.59 Å². The average Bonchev–Trinajstić information content (AvgIpc) is 2.69. The van der Waals surface area contributed by atoms with Gasteiger partial charge in [0.15, 0.2) is 6.61 Å². The summed E-state index contributed by atoms with van der Waals surface area (Å²) in [5.41, 5.74) is 1.01. The lowest BCUT2D eigenvalue weighted by atomic mass is 10.0. The smallest absolute Gasteiger partial charge is 0.258 e. The Balaban J connectivity index is 1.68. The van der Waals surface area contributed by atoms with Crippen molar-refractivity contribution in [1.82, 2.24) is 10.6 Å². The first-order valence-electron chi connectivity index (χ1n) is 9.07. The van der Waals surface area contributed by atoms with E-state index >= 15 is 0 Å². The van der Waals surface area contributed by atoms with Gasteiger partial charge in [0, 0.05) is 18.3 Å². The molecule has 1 unspecified atom stereocenters. The molecule has 3 N–H and O–H groups in total. The molecule has 0 aliphatic heterocycles. The first-order valence-corrected chi connectivity index (χ1v) is 9.07. The Kier molecular flexibility index (Phi) is 8.16. The van der Waals surface area contributed by atoms with Gasteiger partial charge < -0.3 is 20.7 Å². The van der Waals surface area contributed by atoms with Gasteiger partial charge in [0.1, 0.15) is 5.75 Å². The van der Waals surface area contributed by atoms with Crippen LogP contribution in [0.25, 0.3) is 0 Å². The zero-order chi connectivity index (χ0) is 19.5. The van der Waals surface area contributed by atoms with Crippen LogP contribution >= 0.6 is 0 Å². The summed E-state index contributed by atoms with van der Waals surface area (Å²) in [6.45, 7) is 4.46. The summed E-state index contributed by atoms with van der Waals surface area (Å²) >= 11 is 0. The minimum atomic E-state index is -0.336. The van der Waals surface area contributed by atoms with Crippen LogP contribution in [-0.4, -0.2) is 37.6 Å². The number of rotatable bonds is 10. The Morgan fingerprint density at radius 1 is 0.889 bits per heavy atom. The van der Waals surface area contributed by atoms with Gasteiger partial charge in [-0.25, -0.2) is 0 Å². The first kappa shape index (κ1) is 20.3. The van der Waals surface area contributed by atoms with Crippen LogP contribution in [0.4, 0.5) is 5.69 Å². The molecule has 144 valence electrons. The molecule has 0 radical (unpaired) electrons. The van der Waals surface area contributed by atoms with E-state index in [0.717, 1.165) is 5.69 Å². The van der Waals surface area contributed by atoms with Gasteiger partial charge >= 0.3 is 0 Å². The van der Waals surface area contributed by atoms with E-state index in [1.165, 1.54) is 0 Å². The highest BCUT2D eigenvalue weighted by molar-refractivity contribution is 5.85. The highest BCUT2D eigenvalue weighted by Crippen LogP contribution is 2.11. The number of hydrogen-bond donors (Lipinski definition) is 3. The van der Waals surface area contributed by atoms with E-state index < -0.39 is 0 Å². The summed E-state index contributed by atoms with van der Waals surface area (Å²) in [5.74, 6) is 0.378. The Morgan fingerprint density at radius 2 is 1.52 bits per heavy atom. The number of anilines is 1. The van der Waals surface area contributed by atoms with Crippen LogP contribution in [0.1, 0.15) is 13.8 Å². The van der Waals surface area contributed by atoms with Crippen LogP contribution in [0, 0.1) is 5.92 Å². The van der Waals surface area contributed by atoms with E-state index in [1.54, 1.807) is 12.1 Å². The highest BCUT2D eigenvalue weighted by atomic mass is 16.5. The van der Waals surface area contributed by atoms with Gasteiger partial charge in [0.2, 0.25) is 5.91 Å². The molecule has 2 aromatic carbocycles. The lowest BCUT2D eigenvalue weighted by molar-refractivity contribution is -0.127. The third-order valence-corrected chi connectivity index (χ3v) is 4.01. The molecule has 6 nitrogen and oxygen atoms in total. The Morgan fingerprint density at radius 3 is 2.15 bits per heavy atom. The normalized spacial score (nSPS) is 11.5. The Bertz CT molecular complexity index is 705. The predicted octanol–water partition coefficient (Wildman–Crippen LogP) is 2.43. The fourth-order valence-electron chi connectivity index (χ4n) is 2.38. The summed E-state index contributed by atoms with van der Waals surface area (Å²) in [5, 5.41) is 8.83. The fourth-order valence-corrected chi connectivity index (χ4v) is 2.38. The van der Waals surface area contributed by atoms with Gasteiger partial charge in [-0.15, -0.1) is 0 Å². The first-order chi connectivity index (χ1) is 13.0. The lowest BCUT2D eigenvalue weighted by Crippen LogP contribution is -2.44. The van der Waals surface area contributed by atoms with Crippen molar-refractivity contribution < 1.29 is 14.3 Å². The zero-order valence-electron chi connectivity index (χ0n) is 15.8. The van der Waals surface area contributed by atoms with E-state index in [-0.39, 0.29) is 31.0 Å². The van der Waals surface area contributed by atoms with Crippen molar-refractivity contribution in [3.05, 3.63) is 60.7 Å². The molecule has 2 rings (SSSR count). The molecule has 0 aliphatic rings. The summed E-state index contributed by atoms with van der Waals surface area (Å²) in [6, 6.07) is 19.0. The summed E-state index contributed by atoms with van der Waals surface area (Å²) in [7, 11) is 0. The second kappa shape index (κ2) is 10.9. The van der Waals surface area contributed by atoms with E-state index in [9.17, 15) is 9.59 Å². The number of amides is 2. The Hall–Kier alpha value is -3.02. The molecular weight excluding hydrogens is 342 g/mol. The van der Waals surface area contributed by atoms with E-state index in [4.69, 9.17) is 4.74 Å². The second-order valence-electron chi connectivity index (χ2n) is 6.54. The van der Waals surface area contributed by atoms with Crippen LogP contribution in [0.2, 0.25) is 0 Å². The molecule has 2 aromatic rings. The average molecular weight is 369 g/mol.